The Balaban J connectivity index is 2.32. The van der Waals surface area contributed by atoms with E-state index in [1.165, 1.54) is 0 Å². The van der Waals surface area contributed by atoms with E-state index < -0.39 is 0 Å². The zero-order chi connectivity index (χ0) is 12.4. The Kier molecular flexibility index (Phi) is 3.31. The highest BCUT2D eigenvalue weighted by Crippen LogP contribution is 2.27. The monoisotopic (exact) mass is 270 g/mol. The van der Waals surface area contributed by atoms with Gasteiger partial charge in [0.2, 0.25) is 0 Å². The predicted molar refractivity (Wildman–Crippen MR) is 66.8 cm³/mol. The van der Waals surface area contributed by atoms with Gasteiger partial charge in [0.1, 0.15) is 0 Å². The van der Waals surface area contributed by atoms with E-state index in [1.54, 1.807) is 25.1 Å². The molecule has 0 bridgehead atoms. The number of nitrogens with one attached hydrogen (secondary N) is 2. The number of aromatic amines is 2. The minimum Gasteiger partial charge on any atom is -0.300 e. The lowest BCUT2D eigenvalue weighted by Gasteiger charge is -1.95. The molecule has 5 nitrogen and oxygen atoms in total. The highest BCUT2D eigenvalue weighted by molar-refractivity contribution is 6.42. The molecule has 1 aromatic heterocycles. The summed E-state index contributed by atoms with van der Waals surface area (Å²) < 4.78 is 0. The van der Waals surface area contributed by atoms with E-state index in [1.807, 2.05) is 0 Å². The standard InChI is InChI=1S/C10H8Cl2N4O/c1-5-9(10(17)16-13-5)15-14-6-2-3-7(11)8(12)4-6/h2-4H,1H3,(H2,13,16,17). The minimum atomic E-state index is -0.314. The summed E-state index contributed by atoms with van der Waals surface area (Å²) in [5, 5.41) is 13.7. The second-order valence-corrected chi connectivity index (χ2v) is 4.17. The maximum absolute atomic E-state index is 11.3. The van der Waals surface area contributed by atoms with Crippen molar-refractivity contribution in [2.45, 2.75) is 6.92 Å². The van der Waals surface area contributed by atoms with Gasteiger partial charge in [-0.05, 0) is 25.1 Å². The third kappa shape index (κ3) is 2.57. The summed E-state index contributed by atoms with van der Waals surface area (Å²) in [5.74, 6) is 0. The first-order valence-corrected chi connectivity index (χ1v) is 5.47. The summed E-state index contributed by atoms with van der Waals surface area (Å²) in [6.45, 7) is 1.72. The molecule has 0 saturated heterocycles. The molecule has 2 rings (SSSR count). The molecule has 1 heterocycles. The number of aromatic nitrogens is 2. The quantitative estimate of drug-likeness (QED) is 0.802. The van der Waals surface area contributed by atoms with Crippen molar-refractivity contribution in [2.75, 3.05) is 0 Å². The highest BCUT2D eigenvalue weighted by atomic mass is 35.5. The fourth-order valence-electron chi connectivity index (χ4n) is 1.21. The number of hydrogen-bond acceptors (Lipinski definition) is 3. The third-order valence-corrected chi connectivity index (χ3v) is 2.84. The number of rotatable bonds is 2. The van der Waals surface area contributed by atoms with E-state index >= 15 is 0 Å². The molecule has 0 aliphatic rings. The average molecular weight is 271 g/mol. The summed E-state index contributed by atoms with van der Waals surface area (Å²) in [6, 6.07) is 4.85. The number of H-pyrrole nitrogens is 2. The lowest BCUT2D eigenvalue weighted by Crippen LogP contribution is -1.96. The Morgan fingerprint density at radius 2 is 1.88 bits per heavy atom. The van der Waals surface area contributed by atoms with Crippen molar-refractivity contribution < 1.29 is 0 Å². The van der Waals surface area contributed by atoms with E-state index in [-0.39, 0.29) is 11.2 Å². The molecular weight excluding hydrogens is 263 g/mol. The van der Waals surface area contributed by atoms with Gasteiger partial charge in [0, 0.05) is 0 Å². The maximum Gasteiger partial charge on any atom is 0.291 e. The first-order valence-electron chi connectivity index (χ1n) is 4.72. The molecule has 88 valence electrons. The van der Waals surface area contributed by atoms with Crippen LogP contribution in [0.1, 0.15) is 5.69 Å². The normalized spacial score (nSPS) is 11.2. The van der Waals surface area contributed by atoms with E-state index in [2.05, 4.69) is 20.4 Å². The molecule has 0 fully saturated rings. The van der Waals surface area contributed by atoms with E-state index in [0.717, 1.165) is 0 Å². The zero-order valence-electron chi connectivity index (χ0n) is 8.79. The van der Waals surface area contributed by atoms with Crippen molar-refractivity contribution in [1.29, 1.82) is 0 Å². The number of halogens is 2. The lowest BCUT2D eigenvalue weighted by molar-refractivity contribution is 1.02. The van der Waals surface area contributed by atoms with Crippen LogP contribution in [0.2, 0.25) is 10.0 Å². The van der Waals surface area contributed by atoms with Crippen LogP contribution in [0.4, 0.5) is 11.4 Å². The topological polar surface area (TPSA) is 73.4 Å². The Morgan fingerprint density at radius 1 is 1.12 bits per heavy atom. The molecule has 0 amide bonds. The van der Waals surface area contributed by atoms with Crippen molar-refractivity contribution in [3.8, 4) is 0 Å². The van der Waals surface area contributed by atoms with Gasteiger partial charge in [-0.2, -0.15) is 5.11 Å². The van der Waals surface area contributed by atoms with Gasteiger partial charge in [-0.15, -0.1) is 5.11 Å². The van der Waals surface area contributed by atoms with Crippen molar-refractivity contribution in [1.82, 2.24) is 10.2 Å². The molecule has 0 spiro atoms. The Labute approximate surface area is 106 Å². The van der Waals surface area contributed by atoms with Crippen LogP contribution in [0.3, 0.4) is 0 Å². The molecular formula is C10H8Cl2N4O. The molecule has 0 unspecified atom stereocenters. The zero-order valence-corrected chi connectivity index (χ0v) is 10.3. The van der Waals surface area contributed by atoms with Crippen LogP contribution in [0.25, 0.3) is 0 Å². The second-order valence-electron chi connectivity index (χ2n) is 3.35. The van der Waals surface area contributed by atoms with E-state index in [0.29, 0.717) is 21.4 Å². The first kappa shape index (κ1) is 11.9. The van der Waals surface area contributed by atoms with Gasteiger partial charge in [0.05, 0.1) is 21.4 Å². The second kappa shape index (κ2) is 4.73. The molecule has 1 aromatic carbocycles. The fourth-order valence-corrected chi connectivity index (χ4v) is 1.51. The summed E-state index contributed by atoms with van der Waals surface area (Å²) in [4.78, 5) is 11.3. The van der Waals surface area contributed by atoms with Gasteiger partial charge < -0.3 is 5.10 Å². The molecule has 0 saturated carbocycles. The summed E-state index contributed by atoms with van der Waals surface area (Å²) in [5.41, 5.74) is 1.08. The SMILES string of the molecule is Cc1[nH][nH]c(=O)c1N=Nc1ccc(Cl)c(Cl)c1. The van der Waals surface area contributed by atoms with Gasteiger partial charge in [-0.3, -0.25) is 9.89 Å². The summed E-state index contributed by atoms with van der Waals surface area (Å²) >= 11 is 11.6. The molecule has 0 radical (unpaired) electrons. The first-order chi connectivity index (χ1) is 8.08. The predicted octanol–water partition coefficient (Wildman–Crippen LogP) is 3.73. The van der Waals surface area contributed by atoms with Gasteiger partial charge in [0.25, 0.3) is 5.56 Å². The molecule has 0 aliphatic carbocycles. The number of aryl methyl sites for hydroxylation is 1. The fraction of sp³-hybridized carbons (Fsp3) is 0.100. The third-order valence-electron chi connectivity index (χ3n) is 2.10. The summed E-state index contributed by atoms with van der Waals surface area (Å²) in [6.07, 6.45) is 0. The largest absolute Gasteiger partial charge is 0.300 e. The van der Waals surface area contributed by atoms with Crippen LogP contribution in [0, 0.1) is 6.92 Å². The van der Waals surface area contributed by atoms with Crippen LogP contribution in [0.5, 0.6) is 0 Å². The number of hydrogen-bond donors (Lipinski definition) is 2. The molecule has 0 aliphatic heterocycles. The Hall–Kier alpha value is -1.59. The Morgan fingerprint density at radius 3 is 2.47 bits per heavy atom. The maximum atomic E-state index is 11.3. The Bertz CT molecular complexity index is 629. The van der Waals surface area contributed by atoms with Gasteiger partial charge in [-0.1, -0.05) is 23.2 Å². The number of nitrogens with zero attached hydrogens (tertiary/aromatic N) is 2. The van der Waals surface area contributed by atoms with Crippen molar-refractivity contribution in [3.63, 3.8) is 0 Å². The summed E-state index contributed by atoms with van der Waals surface area (Å²) in [7, 11) is 0. The van der Waals surface area contributed by atoms with Crippen LogP contribution in [-0.4, -0.2) is 10.2 Å². The molecule has 17 heavy (non-hydrogen) atoms. The molecule has 0 atom stereocenters. The van der Waals surface area contributed by atoms with Crippen LogP contribution < -0.4 is 5.56 Å². The van der Waals surface area contributed by atoms with E-state index in [4.69, 9.17) is 23.2 Å². The molecule has 2 aromatic rings. The molecule has 7 heteroatoms. The minimum absolute atomic E-state index is 0.246. The van der Waals surface area contributed by atoms with Crippen molar-refractivity contribution in [3.05, 3.63) is 44.3 Å². The van der Waals surface area contributed by atoms with Crippen LogP contribution in [0.15, 0.2) is 33.2 Å². The lowest BCUT2D eigenvalue weighted by atomic mass is 10.3. The van der Waals surface area contributed by atoms with Gasteiger partial charge in [0.15, 0.2) is 5.69 Å². The van der Waals surface area contributed by atoms with Crippen LogP contribution in [-0.2, 0) is 0 Å². The number of benzene rings is 1. The van der Waals surface area contributed by atoms with Crippen LogP contribution >= 0.6 is 23.2 Å². The smallest absolute Gasteiger partial charge is 0.291 e. The van der Waals surface area contributed by atoms with Gasteiger partial charge >= 0.3 is 0 Å². The highest BCUT2D eigenvalue weighted by Gasteiger charge is 2.04. The van der Waals surface area contributed by atoms with Gasteiger partial charge in [-0.25, -0.2) is 0 Å². The van der Waals surface area contributed by atoms with Crippen molar-refractivity contribution >= 4 is 34.6 Å². The average Bonchev–Trinajstić information content (AvgIpc) is 2.61. The molecule has 2 N–H and O–H groups in total. The van der Waals surface area contributed by atoms with E-state index in [9.17, 15) is 4.79 Å². The number of azo groups is 1. The van der Waals surface area contributed by atoms with Crippen molar-refractivity contribution in [2.24, 2.45) is 10.2 Å².